The van der Waals surface area contributed by atoms with Crippen LogP contribution in [0.5, 0.6) is 0 Å². The van der Waals surface area contributed by atoms with Gasteiger partial charge in [-0.1, -0.05) is 6.07 Å². The van der Waals surface area contributed by atoms with Crippen molar-refractivity contribution in [1.82, 2.24) is 9.78 Å². The molecule has 3 aromatic rings. The summed E-state index contributed by atoms with van der Waals surface area (Å²) in [4.78, 5) is 12.4. The number of aryl methyl sites for hydroxylation is 2. The largest absolute Gasteiger partial charge is 0.398 e. The monoisotopic (exact) mass is 451 g/mol. The number of benzene rings is 2. The molecule has 0 spiro atoms. The maximum atomic E-state index is 12.8. The van der Waals surface area contributed by atoms with E-state index in [2.05, 4.69) is 15.3 Å². The summed E-state index contributed by atoms with van der Waals surface area (Å²) in [6, 6.07) is 8.13. The van der Waals surface area contributed by atoms with E-state index in [1.54, 1.807) is 19.9 Å². The van der Waals surface area contributed by atoms with Crippen molar-refractivity contribution in [1.29, 1.82) is 0 Å². The number of nitrogens with zero attached hydrogens (tertiary/aromatic N) is 3. The number of aromatic amines is 1. The van der Waals surface area contributed by atoms with Crippen LogP contribution in [0.3, 0.4) is 0 Å². The summed E-state index contributed by atoms with van der Waals surface area (Å²) >= 11 is -2.22. The molecule has 0 aliphatic carbocycles. The fourth-order valence-electron chi connectivity index (χ4n) is 2.68. The number of rotatable bonds is 5. The zero-order valence-electron chi connectivity index (χ0n) is 15.7. The van der Waals surface area contributed by atoms with Crippen molar-refractivity contribution in [2.24, 2.45) is 10.2 Å². The van der Waals surface area contributed by atoms with Crippen molar-refractivity contribution in [3.63, 3.8) is 0 Å². The predicted octanol–water partition coefficient (Wildman–Crippen LogP) is 2.61. The molecular formula is C17H17N5O6S2. The topological polar surface area (TPSA) is 180 Å². The Morgan fingerprint density at radius 2 is 1.83 bits per heavy atom. The molecular weight excluding hydrogens is 434 g/mol. The van der Waals surface area contributed by atoms with E-state index in [1.807, 2.05) is 0 Å². The van der Waals surface area contributed by atoms with Gasteiger partial charge in [0.25, 0.3) is 15.7 Å². The van der Waals surface area contributed by atoms with Crippen LogP contribution in [0.1, 0.15) is 11.3 Å². The van der Waals surface area contributed by atoms with Crippen LogP contribution in [0.4, 0.5) is 17.1 Å². The normalized spacial score (nSPS) is 13.1. The standard InChI is InChI=1S/C17H17N5O6S2/c1-9-3-5-12(29(24)25)8-14(9)22-17(23)16(10(2)21-22)20-19-11-4-6-13(18)15(7-11)30(26,27)28/h3-8,21H,18H2,1-2H3,(H,24,25)(H,26,27,28). The van der Waals surface area contributed by atoms with E-state index >= 15 is 0 Å². The minimum Gasteiger partial charge on any atom is -0.398 e. The van der Waals surface area contributed by atoms with E-state index in [-0.39, 0.29) is 22.0 Å². The Morgan fingerprint density at radius 3 is 2.47 bits per heavy atom. The van der Waals surface area contributed by atoms with Gasteiger partial charge in [0.2, 0.25) is 0 Å². The zero-order chi connectivity index (χ0) is 22.2. The Balaban J connectivity index is 2.05. The van der Waals surface area contributed by atoms with Gasteiger partial charge in [0.1, 0.15) is 4.90 Å². The predicted molar refractivity (Wildman–Crippen MR) is 110 cm³/mol. The molecule has 0 aliphatic heterocycles. The van der Waals surface area contributed by atoms with Crippen LogP contribution >= 0.6 is 0 Å². The van der Waals surface area contributed by atoms with E-state index in [0.717, 1.165) is 6.07 Å². The number of nitrogen functional groups attached to an aromatic ring is 1. The van der Waals surface area contributed by atoms with Crippen LogP contribution in [0.2, 0.25) is 0 Å². The molecule has 0 fully saturated rings. The van der Waals surface area contributed by atoms with Crippen molar-refractivity contribution in [2.45, 2.75) is 23.6 Å². The lowest BCUT2D eigenvalue weighted by atomic mass is 10.2. The van der Waals surface area contributed by atoms with Crippen molar-refractivity contribution < 1.29 is 21.7 Å². The Morgan fingerprint density at radius 1 is 1.13 bits per heavy atom. The van der Waals surface area contributed by atoms with Gasteiger partial charge in [0.15, 0.2) is 16.8 Å². The van der Waals surface area contributed by atoms with Gasteiger partial charge in [-0.15, -0.1) is 5.11 Å². The highest BCUT2D eigenvalue weighted by Crippen LogP contribution is 2.26. The number of nitrogens with one attached hydrogen (secondary N) is 1. The average molecular weight is 451 g/mol. The molecule has 13 heteroatoms. The molecule has 1 atom stereocenters. The van der Waals surface area contributed by atoms with Gasteiger partial charge < -0.3 is 10.3 Å². The van der Waals surface area contributed by atoms with E-state index in [9.17, 15) is 26.5 Å². The average Bonchev–Trinajstić information content (AvgIpc) is 2.94. The number of hydrogen-bond acceptors (Lipinski definition) is 7. The summed E-state index contributed by atoms with van der Waals surface area (Å²) in [5, 5.41) is 10.6. The number of azo groups is 1. The first-order chi connectivity index (χ1) is 14.0. The van der Waals surface area contributed by atoms with Gasteiger partial charge in [-0.05, 0) is 49.7 Å². The summed E-state index contributed by atoms with van der Waals surface area (Å²) in [6.07, 6.45) is 0. The molecule has 0 radical (unpaired) electrons. The molecule has 3 rings (SSSR count). The fourth-order valence-corrected chi connectivity index (χ4v) is 3.71. The Kier molecular flexibility index (Phi) is 5.72. The van der Waals surface area contributed by atoms with E-state index in [1.165, 1.54) is 28.9 Å². The van der Waals surface area contributed by atoms with E-state index < -0.39 is 31.7 Å². The molecule has 1 unspecified atom stereocenters. The number of H-pyrrole nitrogens is 1. The van der Waals surface area contributed by atoms with Crippen molar-refractivity contribution in [2.75, 3.05) is 5.73 Å². The molecule has 0 saturated carbocycles. The Hall–Kier alpha value is -3.13. The van der Waals surface area contributed by atoms with Crippen LogP contribution < -0.4 is 11.3 Å². The van der Waals surface area contributed by atoms with Crippen molar-refractivity contribution >= 4 is 38.3 Å². The minimum atomic E-state index is -4.55. The lowest BCUT2D eigenvalue weighted by molar-refractivity contribution is 0.483. The molecule has 0 bridgehead atoms. The van der Waals surface area contributed by atoms with Gasteiger partial charge >= 0.3 is 0 Å². The molecule has 0 aliphatic rings. The molecule has 0 amide bonds. The van der Waals surface area contributed by atoms with Gasteiger partial charge in [0, 0.05) is 0 Å². The summed E-state index contributed by atoms with van der Waals surface area (Å²) < 4.78 is 53.7. The maximum Gasteiger partial charge on any atom is 0.299 e. The SMILES string of the molecule is Cc1ccc(S(=O)O)cc1-n1[nH]c(C)c(N=Nc2ccc(N)c(S(=O)(=O)O)c2)c1=O. The third kappa shape index (κ3) is 4.23. The molecule has 1 aromatic heterocycles. The van der Waals surface area contributed by atoms with Crippen LogP contribution in [-0.4, -0.2) is 31.5 Å². The summed E-state index contributed by atoms with van der Waals surface area (Å²) in [6.45, 7) is 3.32. The summed E-state index contributed by atoms with van der Waals surface area (Å²) in [5.41, 5.74) is 6.23. The zero-order valence-corrected chi connectivity index (χ0v) is 17.4. The smallest absolute Gasteiger partial charge is 0.299 e. The first-order valence-corrected chi connectivity index (χ1v) is 10.9. The third-order valence-corrected chi connectivity index (χ3v) is 5.77. The highest BCUT2D eigenvalue weighted by Gasteiger charge is 2.17. The summed E-state index contributed by atoms with van der Waals surface area (Å²) in [5.74, 6) is 0. The lowest BCUT2D eigenvalue weighted by Gasteiger charge is -2.07. The molecule has 1 heterocycles. The quantitative estimate of drug-likeness (QED) is 0.199. The fraction of sp³-hybridized carbons (Fsp3) is 0.118. The first-order valence-electron chi connectivity index (χ1n) is 8.31. The molecule has 11 nitrogen and oxygen atoms in total. The molecule has 2 aromatic carbocycles. The second kappa shape index (κ2) is 7.95. The van der Waals surface area contributed by atoms with Crippen molar-refractivity contribution in [3.8, 4) is 5.69 Å². The van der Waals surface area contributed by atoms with E-state index in [4.69, 9.17) is 5.73 Å². The second-order valence-electron chi connectivity index (χ2n) is 6.32. The Labute approximate surface area is 173 Å². The van der Waals surface area contributed by atoms with Crippen LogP contribution in [-0.2, 0) is 21.2 Å². The molecule has 0 saturated heterocycles. The number of aromatic nitrogens is 2. The second-order valence-corrected chi connectivity index (χ2v) is 8.68. The highest BCUT2D eigenvalue weighted by atomic mass is 32.2. The van der Waals surface area contributed by atoms with Gasteiger partial charge in [0.05, 0.1) is 27.7 Å². The number of anilines is 1. The third-order valence-electron chi connectivity index (χ3n) is 4.20. The van der Waals surface area contributed by atoms with E-state index in [0.29, 0.717) is 16.9 Å². The summed E-state index contributed by atoms with van der Waals surface area (Å²) in [7, 11) is -4.55. The lowest BCUT2D eigenvalue weighted by Crippen LogP contribution is -2.15. The molecule has 30 heavy (non-hydrogen) atoms. The minimum absolute atomic E-state index is 0.0462. The molecule has 158 valence electrons. The van der Waals surface area contributed by atoms with Gasteiger partial charge in [-0.2, -0.15) is 13.5 Å². The van der Waals surface area contributed by atoms with Gasteiger partial charge in [-0.3, -0.25) is 14.4 Å². The highest BCUT2D eigenvalue weighted by molar-refractivity contribution is 7.86. The molecule has 5 N–H and O–H groups in total. The number of hydrogen-bond donors (Lipinski definition) is 4. The number of nitrogens with two attached hydrogens (primary N) is 1. The van der Waals surface area contributed by atoms with Crippen LogP contribution in [0.25, 0.3) is 5.69 Å². The first kappa shape index (κ1) is 21.6. The van der Waals surface area contributed by atoms with Gasteiger partial charge in [-0.25, -0.2) is 8.89 Å². The van der Waals surface area contributed by atoms with Crippen molar-refractivity contribution in [3.05, 3.63) is 58.0 Å². The Bertz CT molecular complexity index is 1360. The van der Waals surface area contributed by atoms with Crippen LogP contribution in [0.15, 0.2) is 61.2 Å². The maximum absolute atomic E-state index is 12.8. The van der Waals surface area contributed by atoms with Crippen LogP contribution in [0, 0.1) is 13.8 Å².